The zero-order valence-electron chi connectivity index (χ0n) is 11.2. The van der Waals surface area contributed by atoms with E-state index in [0.717, 1.165) is 6.92 Å². The van der Waals surface area contributed by atoms with Gasteiger partial charge in [0.15, 0.2) is 0 Å². The van der Waals surface area contributed by atoms with Crippen molar-refractivity contribution in [2.45, 2.75) is 38.5 Å². The van der Waals surface area contributed by atoms with Crippen LogP contribution in [0.15, 0.2) is 24.3 Å². The van der Waals surface area contributed by atoms with Crippen molar-refractivity contribution in [3.8, 4) is 0 Å². The number of carbonyl (C=O) groups excluding carboxylic acids is 1. The van der Waals surface area contributed by atoms with Crippen LogP contribution in [0.25, 0.3) is 0 Å². The van der Waals surface area contributed by atoms with Gasteiger partial charge in [-0.05, 0) is 25.0 Å². The van der Waals surface area contributed by atoms with Gasteiger partial charge in [-0.3, -0.25) is 9.59 Å². The van der Waals surface area contributed by atoms with Crippen LogP contribution in [-0.2, 0) is 15.5 Å². The van der Waals surface area contributed by atoms with E-state index in [1.165, 1.54) is 24.3 Å². The number of aliphatic carboxylic acids is 1. The van der Waals surface area contributed by atoms with Crippen molar-refractivity contribution in [3.63, 3.8) is 0 Å². The first-order chi connectivity index (χ1) is 9.29. The number of nitrogens with one attached hydrogen (secondary N) is 1. The monoisotopic (exact) mass is 285 g/mol. The Hall–Kier alpha value is -1.98. The number of amides is 1. The molecular formula is C14H17F2NO3. The van der Waals surface area contributed by atoms with Crippen molar-refractivity contribution in [2.75, 3.05) is 5.32 Å². The standard InChI is InChI=1S/C14H17F2NO3/c1-14(15,16)10-5-4-6-11(9-10)17-12(18)7-2-3-8-13(19)20/h4-6,9H,2-3,7-8H2,1H3,(H,17,18)(H,19,20). The van der Waals surface area contributed by atoms with E-state index in [-0.39, 0.29) is 24.3 Å². The Bertz CT molecular complexity index is 484. The van der Waals surface area contributed by atoms with Crippen molar-refractivity contribution in [1.29, 1.82) is 0 Å². The number of anilines is 1. The summed E-state index contributed by atoms with van der Waals surface area (Å²) in [6, 6.07) is 5.51. The topological polar surface area (TPSA) is 66.4 Å². The van der Waals surface area contributed by atoms with Gasteiger partial charge in [0.25, 0.3) is 5.92 Å². The van der Waals surface area contributed by atoms with E-state index in [1.807, 2.05) is 0 Å². The maximum atomic E-state index is 13.1. The Morgan fingerprint density at radius 3 is 2.50 bits per heavy atom. The van der Waals surface area contributed by atoms with Crippen molar-refractivity contribution >= 4 is 17.6 Å². The smallest absolute Gasteiger partial charge is 0.303 e. The molecule has 0 spiro atoms. The maximum Gasteiger partial charge on any atom is 0.303 e. The van der Waals surface area contributed by atoms with Gasteiger partial charge in [-0.1, -0.05) is 12.1 Å². The minimum Gasteiger partial charge on any atom is -0.481 e. The largest absolute Gasteiger partial charge is 0.481 e. The lowest BCUT2D eigenvalue weighted by Crippen LogP contribution is -2.13. The molecule has 0 fully saturated rings. The highest BCUT2D eigenvalue weighted by molar-refractivity contribution is 5.90. The average Bonchev–Trinajstić information content (AvgIpc) is 2.34. The van der Waals surface area contributed by atoms with Crippen LogP contribution in [-0.4, -0.2) is 17.0 Å². The molecule has 0 radical (unpaired) electrons. The van der Waals surface area contributed by atoms with Crippen LogP contribution in [0.2, 0.25) is 0 Å². The first-order valence-corrected chi connectivity index (χ1v) is 6.29. The molecule has 1 aromatic rings. The first-order valence-electron chi connectivity index (χ1n) is 6.29. The van der Waals surface area contributed by atoms with Crippen LogP contribution in [0.3, 0.4) is 0 Å². The summed E-state index contributed by atoms with van der Waals surface area (Å²) in [5.41, 5.74) is 0.147. The zero-order valence-corrected chi connectivity index (χ0v) is 11.2. The predicted octanol–water partition coefficient (Wildman–Crippen LogP) is 3.38. The Morgan fingerprint density at radius 2 is 1.90 bits per heavy atom. The molecule has 0 aliphatic carbocycles. The summed E-state index contributed by atoms with van der Waals surface area (Å²) < 4.78 is 26.3. The lowest BCUT2D eigenvalue weighted by atomic mass is 10.1. The molecule has 0 heterocycles. The quantitative estimate of drug-likeness (QED) is 0.755. The van der Waals surface area contributed by atoms with Gasteiger partial charge in [0, 0.05) is 31.0 Å². The van der Waals surface area contributed by atoms with E-state index in [9.17, 15) is 18.4 Å². The second-order valence-corrected chi connectivity index (χ2v) is 4.62. The van der Waals surface area contributed by atoms with Gasteiger partial charge >= 0.3 is 5.97 Å². The fourth-order valence-electron chi connectivity index (χ4n) is 1.66. The molecule has 0 aliphatic heterocycles. The minimum absolute atomic E-state index is 0.0187. The van der Waals surface area contributed by atoms with Crippen LogP contribution in [0.4, 0.5) is 14.5 Å². The fourth-order valence-corrected chi connectivity index (χ4v) is 1.66. The molecule has 0 atom stereocenters. The van der Waals surface area contributed by atoms with E-state index in [0.29, 0.717) is 18.5 Å². The Labute approximate surface area is 115 Å². The number of carbonyl (C=O) groups is 2. The highest BCUT2D eigenvalue weighted by atomic mass is 19.3. The van der Waals surface area contributed by atoms with Gasteiger partial charge in [-0.2, -0.15) is 0 Å². The highest BCUT2D eigenvalue weighted by Crippen LogP contribution is 2.28. The van der Waals surface area contributed by atoms with Crippen LogP contribution in [0.5, 0.6) is 0 Å². The summed E-state index contributed by atoms with van der Waals surface area (Å²) in [5, 5.41) is 11.0. The van der Waals surface area contributed by atoms with E-state index >= 15 is 0 Å². The van der Waals surface area contributed by atoms with Crippen LogP contribution in [0, 0.1) is 0 Å². The average molecular weight is 285 g/mol. The summed E-state index contributed by atoms with van der Waals surface area (Å²) in [6.45, 7) is 0.792. The van der Waals surface area contributed by atoms with E-state index in [1.54, 1.807) is 0 Å². The van der Waals surface area contributed by atoms with Crippen molar-refractivity contribution in [1.82, 2.24) is 0 Å². The molecule has 1 aromatic carbocycles. The van der Waals surface area contributed by atoms with Gasteiger partial charge in [-0.15, -0.1) is 0 Å². The number of halogens is 2. The summed E-state index contributed by atoms with van der Waals surface area (Å²) in [5.74, 6) is -4.17. The third kappa shape index (κ3) is 5.77. The third-order valence-corrected chi connectivity index (χ3v) is 2.70. The second kappa shape index (κ2) is 6.98. The molecule has 1 rings (SSSR count). The van der Waals surface area contributed by atoms with E-state index in [2.05, 4.69) is 5.32 Å². The number of benzene rings is 1. The Balaban J connectivity index is 2.48. The first kappa shape index (κ1) is 16.1. The molecule has 0 unspecified atom stereocenters. The number of hydrogen-bond donors (Lipinski definition) is 2. The number of hydrogen-bond acceptors (Lipinski definition) is 2. The van der Waals surface area contributed by atoms with Crippen LogP contribution in [0.1, 0.15) is 38.2 Å². The SMILES string of the molecule is CC(F)(F)c1cccc(NC(=O)CCCCC(=O)O)c1. The number of alkyl halides is 2. The predicted molar refractivity (Wildman–Crippen MR) is 70.7 cm³/mol. The van der Waals surface area contributed by atoms with Gasteiger partial charge < -0.3 is 10.4 Å². The minimum atomic E-state index is -2.96. The third-order valence-electron chi connectivity index (χ3n) is 2.70. The molecule has 2 N–H and O–H groups in total. The van der Waals surface area contributed by atoms with E-state index < -0.39 is 11.9 Å². The summed E-state index contributed by atoms with van der Waals surface area (Å²) in [6.07, 6.45) is 1.04. The highest BCUT2D eigenvalue weighted by Gasteiger charge is 2.24. The number of carboxylic acids is 1. The normalized spacial score (nSPS) is 11.2. The molecule has 1 amide bonds. The lowest BCUT2D eigenvalue weighted by molar-refractivity contribution is -0.137. The molecular weight excluding hydrogens is 268 g/mol. The summed E-state index contributed by atoms with van der Waals surface area (Å²) in [7, 11) is 0. The van der Waals surface area contributed by atoms with Crippen LogP contribution >= 0.6 is 0 Å². The van der Waals surface area contributed by atoms with Gasteiger partial charge in [0.2, 0.25) is 5.91 Å². The van der Waals surface area contributed by atoms with Gasteiger partial charge in [-0.25, -0.2) is 8.78 Å². The molecule has 20 heavy (non-hydrogen) atoms. The molecule has 6 heteroatoms. The molecule has 0 saturated carbocycles. The number of carboxylic acid groups (broad SMARTS) is 1. The molecule has 0 saturated heterocycles. The lowest BCUT2D eigenvalue weighted by Gasteiger charge is -2.12. The second-order valence-electron chi connectivity index (χ2n) is 4.62. The molecule has 0 bridgehead atoms. The van der Waals surface area contributed by atoms with Crippen molar-refractivity contribution in [2.24, 2.45) is 0 Å². The Morgan fingerprint density at radius 1 is 1.25 bits per heavy atom. The molecule has 4 nitrogen and oxygen atoms in total. The zero-order chi connectivity index (χ0) is 15.2. The van der Waals surface area contributed by atoms with Crippen LogP contribution < -0.4 is 5.32 Å². The van der Waals surface area contributed by atoms with Gasteiger partial charge in [0.05, 0.1) is 0 Å². The number of rotatable bonds is 7. The molecule has 0 aliphatic rings. The van der Waals surface area contributed by atoms with Crippen molar-refractivity contribution in [3.05, 3.63) is 29.8 Å². The summed E-state index contributed by atoms with van der Waals surface area (Å²) in [4.78, 5) is 21.9. The van der Waals surface area contributed by atoms with Crippen molar-refractivity contribution < 1.29 is 23.5 Å². The summed E-state index contributed by atoms with van der Waals surface area (Å²) >= 11 is 0. The maximum absolute atomic E-state index is 13.1. The van der Waals surface area contributed by atoms with Gasteiger partial charge in [0.1, 0.15) is 0 Å². The van der Waals surface area contributed by atoms with E-state index in [4.69, 9.17) is 5.11 Å². The molecule has 0 aromatic heterocycles. The fraction of sp³-hybridized carbons (Fsp3) is 0.429. The Kier molecular flexibility index (Phi) is 5.61. The number of unbranched alkanes of at least 4 members (excludes halogenated alkanes) is 1. The molecule has 110 valence electrons.